The van der Waals surface area contributed by atoms with Crippen LogP contribution in [0.4, 0.5) is 0 Å². The number of hydrogen-bond acceptors (Lipinski definition) is 0. The molecule has 6 atom stereocenters. The topological polar surface area (TPSA) is 0 Å². The van der Waals surface area contributed by atoms with Gasteiger partial charge >= 0.3 is 0 Å². The van der Waals surface area contributed by atoms with Gasteiger partial charge in [-0.2, -0.15) is 0 Å². The van der Waals surface area contributed by atoms with Crippen molar-refractivity contribution in [2.24, 2.45) is 34.0 Å². The van der Waals surface area contributed by atoms with Crippen LogP contribution in [0.1, 0.15) is 60.8 Å². The van der Waals surface area contributed by atoms with Gasteiger partial charge in [0.05, 0.1) is 0 Å². The van der Waals surface area contributed by atoms with Gasteiger partial charge in [0.2, 0.25) is 0 Å². The highest BCUT2D eigenvalue weighted by molar-refractivity contribution is 8.32. The summed E-state index contributed by atoms with van der Waals surface area (Å²) in [4.78, 5) is 0. The maximum absolute atomic E-state index is 2.74. The minimum absolute atomic E-state index is 0.252. The smallest absolute Gasteiger partial charge is 0.00503 e. The molecule has 0 nitrogen and oxygen atoms in total. The molecule has 0 aliphatic heterocycles. The highest BCUT2D eigenvalue weighted by atomic mass is 32.3. The van der Waals surface area contributed by atoms with E-state index in [4.69, 9.17) is 0 Å². The predicted octanol–water partition coefficient (Wildman–Crippen LogP) is 6.67. The van der Waals surface area contributed by atoms with Crippen LogP contribution in [0.5, 0.6) is 0 Å². The molecule has 138 valence electrons. The summed E-state index contributed by atoms with van der Waals surface area (Å²) in [5, 5.41) is 0.867. The predicted molar refractivity (Wildman–Crippen MR) is 112 cm³/mol. The molecule has 0 radical (unpaired) electrons. The maximum Gasteiger partial charge on any atom is -0.00503 e. The average molecular weight is 349 g/mol. The van der Waals surface area contributed by atoms with Gasteiger partial charge < -0.3 is 0 Å². The molecule has 2 bridgehead atoms. The quantitative estimate of drug-likeness (QED) is 0.496. The minimum Gasteiger partial charge on any atom is -0.246 e. The fraction of sp³-hybridized carbons (Fsp3) is 0.826. The molecule has 3 aliphatic carbocycles. The van der Waals surface area contributed by atoms with Crippen molar-refractivity contribution in [3.05, 3.63) is 23.8 Å². The Morgan fingerprint density at radius 1 is 1.12 bits per heavy atom. The zero-order valence-corrected chi connectivity index (χ0v) is 18.4. The largest absolute Gasteiger partial charge is 0.246 e. The van der Waals surface area contributed by atoms with Crippen molar-refractivity contribution in [1.82, 2.24) is 0 Å². The average Bonchev–Trinajstić information content (AvgIpc) is 2.54. The monoisotopic (exact) mass is 348 g/mol. The van der Waals surface area contributed by atoms with Gasteiger partial charge in [0, 0.05) is 0 Å². The minimum atomic E-state index is -0.568. The summed E-state index contributed by atoms with van der Waals surface area (Å²) < 4.78 is 0. The Morgan fingerprint density at radius 2 is 1.75 bits per heavy atom. The fourth-order valence-electron chi connectivity index (χ4n) is 6.20. The molecule has 3 aliphatic rings. The van der Waals surface area contributed by atoms with Crippen LogP contribution >= 0.6 is 10.0 Å². The van der Waals surface area contributed by atoms with Crippen LogP contribution in [0.15, 0.2) is 23.8 Å². The summed E-state index contributed by atoms with van der Waals surface area (Å²) in [6.07, 6.45) is 19.8. The van der Waals surface area contributed by atoms with Crippen LogP contribution in [0, 0.1) is 34.0 Å². The van der Waals surface area contributed by atoms with Crippen molar-refractivity contribution in [3.63, 3.8) is 0 Å². The van der Waals surface area contributed by atoms with Gasteiger partial charge in [-0.1, -0.05) is 59.8 Å². The molecule has 0 aromatic carbocycles. The molecule has 0 aromatic heterocycles. The van der Waals surface area contributed by atoms with Crippen molar-refractivity contribution in [3.8, 4) is 0 Å². The molecule has 0 aromatic rings. The summed E-state index contributed by atoms with van der Waals surface area (Å²) in [5.41, 5.74) is 2.80. The second-order valence-corrected chi connectivity index (χ2v) is 15.8. The van der Waals surface area contributed by atoms with Gasteiger partial charge in [0.1, 0.15) is 0 Å². The van der Waals surface area contributed by atoms with Gasteiger partial charge in [-0.15, -0.1) is 0 Å². The van der Waals surface area contributed by atoms with Crippen LogP contribution in [0.2, 0.25) is 0 Å². The number of hydrogen-bond donors (Lipinski definition) is 0. The summed E-state index contributed by atoms with van der Waals surface area (Å²) in [6.45, 7) is 15.0. The van der Waals surface area contributed by atoms with E-state index in [2.05, 4.69) is 78.5 Å². The molecular formula is C23H40S. The van der Waals surface area contributed by atoms with Gasteiger partial charge in [-0.3, -0.25) is 0 Å². The highest BCUT2D eigenvalue weighted by Crippen LogP contribution is 2.70. The Bertz CT molecular complexity index is 570. The summed E-state index contributed by atoms with van der Waals surface area (Å²) in [5.74, 6) is 2.30. The molecule has 0 saturated heterocycles. The SMILES string of the molecule is CC1C2(C)CCC(S(C)(C)C)C3C=C(C(C)(C)C)C=CC(C2)C31C. The van der Waals surface area contributed by atoms with E-state index in [9.17, 15) is 0 Å². The molecule has 2 saturated carbocycles. The first kappa shape index (κ1) is 18.6. The standard InChI is InChI=1S/C23H40S/c1-16-22(5)13-12-20(24(7,8)9)19-14-17(21(2,3)4)10-11-18(15-22)23(16,19)6/h10-11,14,16,18-20H,12-13,15H2,1-9H3. The molecule has 3 rings (SSSR count). The van der Waals surface area contributed by atoms with E-state index in [1.165, 1.54) is 19.3 Å². The maximum atomic E-state index is 2.74. The Kier molecular flexibility index (Phi) is 4.20. The van der Waals surface area contributed by atoms with Crippen LogP contribution in [0.3, 0.4) is 0 Å². The van der Waals surface area contributed by atoms with E-state index >= 15 is 0 Å². The van der Waals surface area contributed by atoms with Crippen molar-refractivity contribution < 1.29 is 0 Å². The van der Waals surface area contributed by atoms with E-state index < -0.39 is 10.0 Å². The lowest BCUT2D eigenvalue weighted by Gasteiger charge is -2.49. The lowest BCUT2D eigenvalue weighted by atomic mass is 9.63. The lowest BCUT2D eigenvalue weighted by Crippen LogP contribution is -2.41. The second kappa shape index (κ2) is 5.41. The number of fused-ring (bicyclic) bond motifs is 1. The second-order valence-electron chi connectivity index (χ2n) is 11.3. The first-order chi connectivity index (χ1) is 10.8. The molecule has 1 heteroatoms. The summed E-state index contributed by atoms with van der Waals surface area (Å²) >= 11 is 0. The third kappa shape index (κ3) is 2.65. The Balaban J connectivity index is 2.20. The molecule has 0 spiro atoms. The molecule has 0 N–H and O–H groups in total. The van der Waals surface area contributed by atoms with Crippen LogP contribution in [0.25, 0.3) is 0 Å². The molecule has 0 heterocycles. The highest BCUT2D eigenvalue weighted by Gasteiger charge is 2.61. The zero-order chi connectivity index (χ0) is 18.1. The van der Waals surface area contributed by atoms with Crippen LogP contribution in [-0.4, -0.2) is 24.0 Å². The van der Waals surface area contributed by atoms with Crippen LogP contribution in [-0.2, 0) is 0 Å². The van der Waals surface area contributed by atoms with Gasteiger partial charge in [0.25, 0.3) is 0 Å². The van der Waals surface area contributed by atoms with Gasteiger partial charge in [0.15, 0.2) is 0 Å². The van der Waals surface area contributed by atoms with Crippen molar-refractivity contribution >= 4 is 10.0 Å². The first-order valence-electron chi connectivity index (χ1n) is 9.88. The molecule has 0 amide bonds. The first-order valence-corrected chi connectivity index (χ1v) is 12.8. The molecule has 24 heavy (non-hydrogen) atoms. The molecule has 2 fully saturated rings. The van der Waals surface area contributed by atoms with Crippen LogP contribution < -0.4 is 0 Å². The van der Waals surface area contributed by atoms with E-state index in [0.29, 0.717) is 10.8 Å². The van der Waals surface area contributed by atoms with Gasteiger partial charge in [-0.25, -0.2) is 10.0 Å². The van der Waals surface area contributed by atoms with E-state index in [1.807, 2.05) is 0 Å². The van der Waals surface area contributed by atoms with Crippen molar-refractivity contribution in [1.29, 1.82) is 0 Å². The summed E-state index contributed by atoms with van der Waals surface area (Å²) in [6, 6.07) is 0. The summed E-state index contributed by atoms with van der Waals surface area (Å²) in [7, 11) is -0.568. The molecular weight excluding hydrogens is 308 g/mol. The Hall–Kier alpha value is -0.170. The van der Waals surface area contributed by atoms with E-state index in [-0.39, 0.29) is 5.41 Å². The lowest BCUT2D eigenvalue weighted by molar-refractivity contribution is 0.103. The van der Waals surface area contributed by atoms with E-state index in [1.54, 1.807) is 5.57 Å². The third-order valence-corrected chi connectivity index (χ3v) is 10.6. The Labute approximate surface area is 152 Å². The zero-order valence-electron chi connectivity index (χ0n) is 17.6. The van der Waals surface area contributed by atoms with Gasteiger partial charge in [-0.05, 0) is 82.9 Å². The third-order valence-electron chi connectivity index (χ3n) is 8.22. The molecule has 6 unspecified atom stereocenters. The normalized spacial score (nSPS) is 46.3. The number of allylic oxidation sites excluding steroid dienone is 4. The fourth-order valence-corrected chi connectivity index (χ4v) is 8.28. The van der Waals surface area contributed by atoms with E-state index in [0.717, 1.165) is 23.0 Å². The van der Waals surface area contributed by atoms with Crippen molar-refractivity contribution in [2.45, 2.75) is 66.1 Å². The van der Waals surface area contributed by atoms with Crippen molar-refractivity contribution in [2.75, 3.05) is 18.8 Å². The Morgan fingerprint density at radius 3 is 2.29 bits per heavy atom. The number of rotatable bonds is 1.